The van der Waals surface area contributed by atoms with Gasteiger partial charge in [-0.2, -0.15) is 0 Å². The van der Waals surface area contributed by atoms with Gasteiger partial charge in [0.25, 0.3) is 13.4 Å². The van der Waals surface area contributed by atoms with Crippen molar-refractivity contribution < 1.29 is 18.9 Å². The van der Waals surface area contributed by atoms with Gasteiger partial charge in [0, 0.05) is 42.1 Å². The molecule has 1 aromatic heterocycles. The maximum Gasteiger partial charge on any atom is 0.261 e. The number of benzene rings is 6. The Morgan fingerprint density at radius 2 is 1.22 bits per heavy atom. The van der Waals surface area contributed by atoms with Crippen molar-refractivity contribution in [1.29, 1.82) is 0 Å². The van der Waals surface area contributed by atoms with Crippen molar-refractivity contribution in [2.75, 3.05) is 0 Å². The van der Waals surface area contributed by atoms with Crippen LogP contribution in [0.25, 0.3) is 25.9 Å². The molecule has 0 bridgehead atoms. The van der Waals surface area contributed by atoms with Crippen molar-refractivity contribution in [1.82, 2.24) is 0 Å². The van der Waals surface area contributed by atoms with Gasteiger partial charge < -0.3 is 18.9 Å². The second-order valence-electron chi connectivity index (χ2n) is 12.7. The molecule has 0 unspecified atom stereocenters. The predicted octanol–water partition coefficient (Wildman–Crippen LogP) is 6.40. The summed E-state index contributed by atoms with van der Waals surface area (Å²) in [5, 5.41) is 2.50. The third-order valence-electron chi connectivity index (χ3n) is 10.4. The normalized spacial score (nSPS) is 15.4. The number of hydrogen-bond acceptors (Lipinski definition) is 5. The molecule has 46 heavy (non-hydrogen) atoms. The molecule has 5 aliphatic rings. The lowest BCUT2D eigenvalue weighted by Gasteiger charge is -2.38. The van der Waals surface area contributed by atoms with Crippen molar-refractivity contribution >= 4 is 78.0 Å². The van der Waals surface area contributed by atoms with Gasteiger partial charge in [0.15, 0.2) is 0 Å². The maximum atomic E-state index is 6.99. The Morgan fingerprint density at radius 3 is 2.11 bits per heavy atom. The molecular formula is C39H20B2O4S. The summed E-state index contributed by atoms with van der Waals surface area (Å²) < 4.78 is 29.5. The smallest absolute Gasteiger partial charge is 0.261 e. The third kappa shape index (κ3) is 2.88. The predicted molar refractivity (Wildman–Crippen MR) is 186 cm³/mol. The Morgan fingerprint density at radius 1 is 0.500 bits per heavy atom. The molecule has 0 saturated carbocycles. The Bertz CT molecular complexity index is 2600. The van der Waals surface area contributed by atoms with Gasteiger partial charge in [-0.15, -0.1) is 11.3 Å². The number of hydrogen-bond donors (Lipinski definition) is 0. The fraction of sp³-hybridized carbons (Fsp3) is 0.0256. The highest BCUT2D eigenvalue weighted by Gasteiger charge is 2.49. The zero-order valence-corrected chi connectivity index (χ0v) is 25.1. The highest BCUT2D eigenvalue weighted by Crippen LogP contribution is 2.45. The van der Waals surface area contributed by atoms with Gasteiger partial charge in [-0.05, 0) is 76.9 Å². The van der Waals surface area contributed by atoms with Crippen molar-refractivity contribution in [3.63, 3.8) is 0 Å². The highest BCUT2D eigenvalue weighted by molar-refractivity contribution is 7.26. The van der Waals surface area contributed by atoms with E-state index >= 15 is 0 Å². The SMILES string of the molecule is c1ccc2c(c1)CC1=C2Oc2cccc3c2B1c1c(ccc2c1Oc1cccc4c1B2c1cc2sc5ccccc5c2cc1O4)O3. The summed E-state index contributed by atoms with van der Waals surface area (Å²) in [6.45, 7) is -0.0838. The molecule has 212 valence electrons. The zero-order chi connectivity index (χ0) is 29.7. The summed E-state index contributed by atoms with van der Waals surface area (Å²) in [4.78, 5) is 0. The summed E-state index contributed by atoms with van der Waals surface area (Å²) in [6, 6.07) is 38.5. The van der Waals surface area contributed by atoms with E-state index in [4.69, 9.17) is 18.9 Å². The van der Waals surface area contributed by atoms with Crippen LogP contribution < -0.4 is 46.3 Å². The van der Waals surface area contributed by atoms with E-state index in [2.05, 4.69) is 97.1 Å². The summed E-state index contributed by atoms with van der Waals surface area (Å²) in [6.07, 6.45) is 0.831. The summed E-state index contributed by atoms with van der Waals surface area (Å²) >= 11 is 1.84. The average molecular weight is 606 g/mol. The van der Waals surface area contributed by atoms with Crippen molar-refractivity contribution in [3.8, 4) is 40.2 Å². The fourth-order valence-electron chi connectivity index (χ4n) is 8.49. The molecule has 4 nitrogen and oxygen atoms in total. The molecule has 0 atom stereocenters. The average Bonchev–Trinajstić information content (AvgIpc) is 3.65. The Labute approximate surface area is 268 Å². The van der Waals surface area contributed by atoms with Crippen molar-refractivity contribution in [2.45, 2.75) is 6.42 Å². The number of allylic oxidation sites excluding steroid dienone is 1. The molecule has 7 heteroatoms. The van der Waals surface area contributed by atoms with E-state index in [9.17, 15) is 0 Å². The molecule has 0 saturated heterocycles. The van der Waals surface area contributed by atoms with Gasteiger partial charge in [0.1, 0.15) is 46.0 Å². The van der Waals surface area contributed by atoms with Crippen LogP contribution in [0.1, 0.15) is 11.1 Å². The second kappa shape index (κ2) is 8.25. The Kier molecular flexibility index (Phi) is 4.29. The van der Waals surface area contributed by atoms with Crippen LogP contribution >= 0.6 is 11.3 Å². The van der Waals surface area contributed by atoms with Crippen LogP contribution in [-0.2, 0) is 6.42 Å². The number of fused-ring (bicyclic) bond motifs is 13. The van der Waals surface area contributed by atoms with Gasteiger partial charge >= 0.3 is 0 Å². The van der Waals surface area contributed by atoms with Gasteiger partial charge in [-0.1, -0.05) is 60.7 Å². The first-order valence-electron chi connectivity index (χ1n) is 15.7. The quantitative estimate of drug-likeness (QED) is 0.188. The largest absolute Gasteiger partial charge is 0.459 e. The second-order valence-corrected chi connectivity index (χ2v) is 13.8. The van der Waals surface area contributed by atoms with E-state index < -0.39 is 0 Å². The molecule has 5 heterocycles. The molecule has 0 radical (unpaired) electrons. The summed E-state index contributed by atoms with van der Waals surface area (Å²) in [5.74, 6) is 6.98. The molecule has 1 aliphatic carbocycles. The van der Waals surface area contributed by atoms with Crippen molar-refractivity contribution in [3.05, 3.63) is 126 Å². The molecule has 4 aliphatic heterocycles. The van der Waals surface area contributed by atoms with Crippen LogP contribution in [0.3, 0.4) is 0 Å². The topological polar surface area (TPSA) is 36.9 Å². The monoisotopic (exact) mass is 606 g/mol. The van der Waals surface area contributed by atoms with E-state index in [1.165, 1.54) is 42.2 Å². The van der Waals surface area contributed by atoms with E-state index in [1.54, 1.807) is 0 Å². The van der Waals surface area contributed by atoms with Gasteiger partial charge in [0.05, 0.1) is 0 Å². The van der Waals surface area contributed by atoms with Gasteiger partial charge in [0.2, 0.25) is 0 Å². The molecule has 0 amide bonds. The lowest BCUT2D eigenvalue weighted by Crippen LogP contribution is -2.60. The van der Waals surface area contributed by atoms with Crippen LogP contribution in [0.15, 0.2) is 115 Å². The van der Waals surface area contributed by atoms with Crippen LogP contribution in [0.2, 0.25) is 0 Å². The van der Waals surface area contributed by atoms with E-state index in [1.807, 2.05) is 23.5 Å². The van der Waals surface area contributed by atoms with Gasteiger partial charge in [-0.3, -0.25) is 0 Å². The Hall–Kier alpha value is -5.39. The number of rotatable bonds is 0. The fourth-order valence-corrected chi connectivity index (χ4v) is 9.63. The molecule has 7 aromatic rings. The number of ether oxygens (including phenoxy) is 4. The van der Waals surface area contributed by atoms with Crippen LogP contribution in [0, 0.1) is 0 Å². The van der Waals surface area contributed by atoms with E-state index in [0.29, 0.717) is 0 Å². The lowest BCUT2D eigenvalue weighted by atomic mass is 9.31. The standard InChI is InChI=1S/C39H20B2O4S/c1-2-8-21-20(7-1)17-26-38(21)44-30-13-6-11-28-36(30)41(26)37-31(42-28)16-15-24-39(37)45-29-12-5-10-27-35(29)40(24)25-19-34-23(18-32(25)43-27)22-9-3-4-14-33(22)46-34/h1-16,18-19H,17H2. The third-order valence-corrected chi connectivity index (χ3v) is 11.5. The molecule has 12 rings (SSSR count). The molecule has 0 fully saturated rings. The first kappa shape index (κ1) is 23.9. The minimum atomic E-state index is -0.0461. The van der Waals surface area contributed by atoms with Crippen molar-refractivity contribution in [2.24, 2.45) is 0 Å². The summed E-state index contributed by atoms with van der Waals surface area (Å²) in [5.41, 5.74) is 9.28. The van der Waals surface area contributed by atoms with E-state index in [-0.39, 0.29) is 13.4 Å². The molecule has 0 spiro atoms. The zero-order valence-electron chi connectivity index (χ0n) is 24.3. The lowest BCUT2D eigenvalue weighted by molar-refractivity contribution is 0.456. The van der Waals surface area contributed by atoms with E-state index in [0.717, 1.165) is 74.3 Å². The minimum absolute atomic E-state index is 0.0377. The highest BCUT2D eigenvalue weighted by atomic mass is 32.1. The maximum absolute atomic E-state index is 6.99. The summed E-state index contributed by atoms with van der Waals surface area (Å²) in [7, 11) is 0. The first-order valence-corrected chi connectivity index (χ1v) is 16.5. The minimum Gasteiger partial charge on any atom is -0.459 e. The molecule has 6 aromatic carbocycles. The number of thiophene rings is 1. The van der Waals surface area contributed by atoms with Crippen LogP contribution in [0.4, 0.5) is 0 Å². The van der Waals surface area contributed by atoms with Crippen LogP contribution in [-0.4, -0.2) is 13.4 Å². The van der Waals surface area contributed by atoms with Gasteiger partial charge in [-0.25, -0.2) is 0 Å². The molecular weight excluding hydrogens is 586 g/mol. The van der Waals surface area contributed by atoms with Crippen LogP contribution in [0.5, 0.6) is 40.2 Å². The Balaban J connectivity index is 1.13. The molecule has 0 N–H and O–H groups in total. The first-order chi connectivity index (χ1) is 22.8.